The topological polar surface area (TPSA) is 6.48 Å². The summed E-state index contributed by atoms with van der Waals surface area (Å²) < 4.78 is 0. The van der Waals surface area contributed by atoms with Crippen molar-refractivity contribution in [1.29, 1.82) is 0 Å². The summed E-state index contributed by atoms with van der Waals surface area (Å²) >= 11 is 0. The van der Waals surface area contributed by atoms with Gasteiger partial charge in [0.2, 0.25) is 0 Å². The molecule has 0 aromatic rings. The third-order valence-electron chi connectivity index (χ3n) is 3.44. The number of nitrogens with zero attached hydrogens (tertiary/aromatic N) is 2. The first-order valence-corrected chi connectivity index (χ1v) is 6.03. The van der Waals surface area contributed by atoms with E-state index < -0.39 is 0 Å². The van der Waals surface area contributed by atoms with Crippen LogP contribution in [0, 0.1) is 5.92 Å². The van der Waals surface area contributed by atoms with E-state index in [9.17, 15) is 0 Å². The van der Waals surface area contributed by atoms with Crippen LogP contribution in [0.25, 0.3) is 0 Å². The molecule has 2 rings (SSSR count). The Morgan fingerprint density at radius 3 is 2.43 bits per heavy atom. The fourth-order valence-electron chi connectivity index (χ4n) is 2.23. The molecule has 82 valence electrons. The molecule has 2 aliphatic rings. The van der Waals surface area contributed by atoms with E-state index in [0.29, 0.717) is 5.54 Å². The molecule has 1 heterocycles. The summed E-state index contributed by atoms with van der Waals surface area (Å²) in [5.41, 5.74) is 0.349. The van der Waals surface area contributed by atoms with Gasteiger partial charge in [-0.25, -0.2) is 0 Å². The molecule has 0 aromatic heterocycles. The summed E-state index contributed by atoms with van der Waals surface area (Å²) in [4.78, 5) is 5.26. The van der Waals surface area contributed by atoms with Crippen LogP contribution >= 0.6 is 0 Å². The Morgan fingerprint density at radius 1 is 1.14 bits per heavy atom. The lowest BCUT2D eigenvalue weighted by Crippen LogP contribution is -2.52. The second-order valence-corrected chi connectivity index (χ2v) is 5.95. The molecule has 0 radical (unpaired) electrons. The van der Waals surface area contributed by atoms with Gasteiger partial charge >= 0.3 is 0 Å². The molecule has 0 bridgehead atoms. The van der Waals surface area contributed by atoms with Crippen molar-refractivity contribution in [3.8, 4) is 0 Å². The van der Waals surface area contributed by atoms with E-state index in [4.69, 9.17) is 0 Å². The largest absolute Gasteiger partial charge is 0.290 e. The van der Waals surface area contributed by atoms with Crippen molar-refractivity contribution in [1.82, 2.24) is 9.80 Å². The second-order valence-electron chi connectivity index (χ2n) is 5.95. The zero-order valence-corrected chi connectivity index (χ0v) is 9.92. The Bertz CT molecular complexity index is 191. The van der Waals surface area contributed by atoms with Gasteiger partial charge in [0.05, 0.1) is 6.67 Å². The summed E-state index contributed by atoms with van der Waals surface area (Å²) in [6.07, 6.45) is 4.31. The van der Waals surface area contributed by atoms with Crippen molar-refractivity contribution < 1.29 is 0 Å². The lowest BCUT2D eigenvalue weighted by molar-refractivity contribution is 0.0191. The smallest absolute Gasteiger partial charge is 0.0511 e. The molecule has 1 aliphatic heterocycles. The Kier molecular flexibility index (Phi) is 2.85. The average molecular weight is 196 g/mol. The fraction of sp³-hybridized carbons (Fsp3) is 1.00. The van der Waals surface area contributed by atoms with Crippen LogP contribution in [0.1, 0.15) is 40.0 Å². The SMILES string of the molecule is CC(C)(C)N1CCCN(CC2CC2)C1. The molecule has 0 aromatic carbocycles. The monoisotopic (exact) mass is 196 g/mol. The van der Waals surface area contributed by atoms with E-state index >= 15 is 0 Å². The zero-order valence-electron chi connectivity index (χ0n) is 9.92. The van der Waals surface area contributed by atoms with Crippen LogP contribution in [0.5, 0.6) is 0 Å². The molecule has 2 nitrogen and oxygen atoms in total. The normalized spacial score (nSPS) is 26.8. The lowest BCUT2D eigenvalue weighted by Gasteiger charge is -2.43. The van der Waals surface area contributed by atoms with Crippen LogP contribution in [0.15, 0.2) is 0 Å². The summed E-state index contributed by atoms with van der Waals surface area (Å²) in [7, 11) is 0. The molecule has 1 aliphatic carbocycles. The minimum atomic E-state index is 0.349. The first-order chi connectivity index (χ1) is 6.55. The maximum Gasteiger partial charge on any atom is 0.0511 e. The minimum absolute atomic E-state index is 0.349. The van der Waals surface area contributed by atoms with Crippen molar-refractivity contribution in [2.75, 3.05) is 26.3 Å². The van der Waals surface area contributed by atoms with Crippen LogP contribution in [-0.2, 0) is 0 Å². The number of hydrogen-bond donors (Lipinski definition) is 0. The van der Waals surface area contributed by atoms with Crippen LogP contribution in [0.4, 0.5) is 0 Å². The summed E-state index contributed by atoms with van der Waals surface area (Å²) in [6, 6.07) is 0. The molecule has 14 heavy (non-hydrogen) atoms. The van der Waals surface area contributed by atoms with Crippen molar-refractivity contribution in [2.24, 2.45) is 5.92 Å². The standard InChI is InChI=1S/C12H24N2/c1-12(2,3)14-8-4-7-13(10-14)9-11-5-6-11/h11H,4-10H2,1-3H3. The molecular formula is C12H24N2. The molecule has 2 fully saturated rings. The Balaban J connectivity index is 1.83. The lowest BCUT2D eigenvalue weighted by atomic mass is 10.1. The zero-order chi connectivity index (χ0) is 10.2. The van der Waals surface area contributed by atoms with Gasteiger partial charge in [-0.05, 0) is 46.0 Å². The van der Waals surface area contributed by atoms with E-state index in [1.807, 2.05) is 0 Å². The summed E-state index contributed by atoms with van der Waals surface area (Å²) in [5.74, 6) is 1.04. The van der Waals surface area contributed by atoms with Crippen molar-refractivity contribution >= 4 is 0 Å². The maximum absolute atomic E-state index is 2.65. The van der Waals surface area contributed by atoms with E-state index in [2.05, 4.69) is 30.6 Å². The van der Waals surface area contributed by atoms with Gasteiger partial charge in [-0.2, -0.15) is 0 Å². The van der Waals surface area contributed by atoms with E-state index in [1.54, 1.807) is 0 Å². The average Bonchev–Trinajstić information content (AvgIpc) is 2.87. The first-order valence-electron chi connectivity index (χ1n) is 6.03. The fourth-order valence-corrected chi connectivity index (χ4v) is 2.23. The molecule has 0 atom stereocenters. The van der Waals surface area contributed by atoms with Gasteiger partial charge in [0, 0.05) is 25.2 Å². The van der Waals surface area contributed by atoms with Crippen LogP contribution in [0.2, 0.25) is 0 Å². The summed E-state index contributed by atoms with van der Waals surface area (Å²) in [6.45, 7) is 12.1. The third-order valence-corrected chi connectivity index (χ3v) is 3.44. The third kappa shape index (κ3) is 2.71. The molecule has 2 heteroatoms. The van der Waals surface area contributed by atoms with Crippen LogP contribution in [-0.4, -0.2) is 41.6 Å². The highest BCUT2D eigenvalue weighted by atomic mass is 15.4. The van der Waals surface area contributed by atoms with Gasteiger partial charge in [-0.3, -0.25) is 9.80 Å². The van der Waals surface area contributed by atoms with Crippen molar-refractivity contribution in [2.45, 2.75) is 45.6 Å². The highest BCUT2D eigenvalue weighted by molar-refractivity contribution is 4.83. The van der Waals surface area contributed by atoms with Gasteiger partial charge in [0.1, 0.15) is 0 Å². The van der Waals surface area contributed by atoms with Gasteiger partial charge in [0.25, 0.3) is 0 Å². The van der Waals surface area contributed by atoms with Gasteiger partial charge < -0.3 is 0 Å². The van der Waals surface area contributed by atoms with E-state index in [-0.39, 0.29) is 0 Å². The second kappa shape index (κ2) is 3.82. The Labute approximate surface area is 88.3 Å². The Hall–Kier alpha value is -0.0800. The number of hydrogen-bond acceptors (Lipinski definition) is 2. The van der Waals surface area contributed by atoms with Crippen molar-refractivity contribution in [3.05, 3.63) is 0 Å². The summed E-state index contributed by atoms with van der Waals surface area (Å²) in [5, 5.41) is 0. The minimum Gasteiger partial charge on any atom is -0.290 e. The quantitative estimate of drug-likeness (QED) is 0.668. The predicted molar refractivity (Wildman–Crippen MR) is 60.2 cm³/mol. The van der Waals surface area contributed by atoms with Crippen molar-refractivity contribution in [3.63, 3.8) is 0 Å². The molecular weight excluding hydrogens is 172 g/mol. The van der Waals surface area contributed by atoms with Crippen LogP contribution in [0.3, 0.4) is 0 Å². The van der Waals surface area contributed by atoms with Gasteiger partial charge in [0.15, 0.2) is 0 Å². The molecule has 1 saturated carbocycles. The molecule has 0 amide bonds. The molecule has 0 unspecified atom stereocenters. The predicted octanol–water partition coefficient (Wildman–Crippen LogP) is 2.16. The number of rotatable bonds is 2. The molecule has 0 spiro atoms. The van der Waals surface area contributed by atoms with E-state index in [0.717, 1.165) is 5.92 Å². The Morgan fingerprint density at radius 2 is 1.86 bits per heavy atom. The van der Waals surface area contributed by atoms with Gasteiger partial charge in [-0.1, -0.05) is 0 Å². The molecule has 0 N–H and O–H groups in total. The first kappa shape index (κ1) is 10.4. The highest BCUT2D eigenvalue weighted by Crippen LogP contribution is 2.30. The van der Waals surface area contributed by atoms with Crippen LogP contribution < -0.4 is 0 Å². The van der Waals surface area contributed by atoms with Gasteiger partial charge in [-0.15, -0.1) is 0 Å². The highest BCUT2D eigenvalue weighted by Gasteiger charge is 2.30. The maximum atomic E-state index is 2.65. The molecule has 1 saturated heterocycles. The van der Waals surface area contributed by atoms with E-state index in [1.165, 1.54) is 45.6 Å².